The fourth-order valence-corrected chi connectivity index (χ4v) is 5.37. The van der Waals surface area contributed by atoms with Gasteiger partial charge in [0.2, 0.25) is 0 Å². The molecule has 1 N–H and O–H groups in total. The van der Waals surface area contributed by atoms with E-state index >= 15 is 0 Å². The van der Waals surface area contributed by atoms with Crippen LogP contribution in [-0.2, 0) is 29.3 Å². The van der Waals surface area contributed by atoms with Gasteiger partial charge < -0.3 is 9.88 Å². The summed E-state index contributed by atoms with van der Waals surface area (Å²) in [5, 5.41) is 3.38. The number of rotatable bonds is 3. The first-order chi connectivity index (χ1) is 9.62. The molecule has 110 valence electrons. The number of fused-ring (bicyclic) bond motifs is 1. The average molecular weight is 295 g/mol. The van der Waals surface area contributed by atoms with Gasteiger partial charge in [0.15, 0.2) is 9.84 Å². The summed E-state index contributed by atoms with van der Waals surface area (Å²) in [5.41, 5.74) is 2.55. The van der Waals surface area contributed by atoms with Gasteiger partial charge in [-0.1, -0.05) is 0 Å². The second-order valence-corrected chi connectivity index (χ2v) is 8.67. The van der Waals surface area contributed by atoms with Crippen molar-refractivity contribution in [1.82, 2.24) is 14.9 Å². The maximum Gasteiger partial charge on any atom is 0.150 e. The van der Waals surface area contributed by atoms with Crippen molar-refractivity contribution in [3.8, 4) is 0 Å². The summed E-state index contributed by atoms with van der Waals surface area (Å²) in [7, 11) is -2.78. The number of sulfone groups is 1. The highest BCUT2D eigenvalue weighted by Crippen LogP contribution is 2.41. The lowest BCUT2D eigenvalue weighted by Gasteiger charge is -2.18. The normalized spacial score (nSPS) is 28.5. The Bertz CT molecular complexity index is 631. The van der Waals surface area contributed by atoms with Gasteiger partial charge in [-0.3, -0.25) is 0 Å². The van der Waals surface area contributed by atoms with Gasteiger partial charge in [0.25, 0.3) is 0 Å². The zero-order valence-electron chi connectivity index (χ0n) is 11.6. The van der Waals surface area contributed by atoms with Crippen LogP contribution in [0.25, 0.3) is 0 Å². The van der Waals surface area contributed by atoms with E-state index in [9.17, 15) is 8.42 Å². The van der Waals surface area contributed by atoms with E-state index in [-0.39, 0.29) is 5.92 Å². The summed E-state index contributed by atoms with van der Waals surface area (Å²) in [6.07, 6.45) is 4.32. The van der Waals surface area contributed by atoms with Crippen molar-refractivity contribution in [2.75, 3.05) is 18.1 Å². The van der Waals surface area contributed by atoms with Gasteiger partial charge in [0.05, 0.1) is 17.2 Å². The van der Waals surface area contributed by atoms with E-state index in [0.717, 1.165) is 32.5 Å². The molecule has 3 aliphatic rings. The summed E-state index contributed by atoms with van der Waals surface area (Å²) < 4.78 is 25.7. The second-order valence-electron chi connectivity index (χ2n) is 6.44. The molecule has 1 saturated heterocycles. The molecule has 0 spiro atoms. The van der Waals surface area contributed by atoms with Crippen molar-refractivity contribution < 1.29 is 8.42 Å². The van der Waals surface area contributed by atoms with Crippen LogP contribution in [0, 0.1) is 5.92 Å². The topological polar surface area (TPSA) is 64.0 Å². The lowest BCUT2D eigenvalue weighted by Crippen LogP contribution is -2.26. The van der Waals surface area contributed by atoms with Crippen molar-refractivity contribution in [3.63, 3.8) is 0 Å². The van der Waals surface area contributed by atoms with Gasteiger partial charge in [-0.2, -0.15) is 0 Å². The lowest BCUT2D eigenvalue weighted by molar-refractivity contribution is 0.461. The third-order valence-corrected chi connectivity index (χ3v) is 6.56. The molecule has 4 rings (SSSR count). The number of hydrogen-bond acceptors (Lipinski definition) is 4. The maximum absolute atomic E-state index is 11.7. The molecule has 2 aliphatic heterocycles. The third-order valence-electron chi connectivity index (χ3n) is 4.73. The number of imidazole rings is 1. The minimum atomic E-state index is -2.78. The molecule has 20 heavy (non-hydrogen) atoms. The summed E-state index contributed by atoms with van der Waals surface area (Å²) in [5.74, 6) is 2.87. The number of hydrogen-bond donors (Lipinski definition) is 1. The van der Waals surface area contributed by atoms with E-state index in [1.165, 1.54) is 30.1 Å². The minimum absolute atomic E-state index is 0.283. The predicted octanol–water partition coefficient (Wildman–Crippen LogP) is 0.841. The molecule has 0 radical (unpaired) electrons. The molecule has 1 aliphatic carbocycles. The zero-order valence-corrected chi connectivity index (χ0v) is 12.5. The molecule has 5 nitrogen and oxygen atoms in total. The van der Waals surface area contributed by atoms with E-state index in [4.69, 9.17) is 4.98 Å². The summed E-state index contributed by atoms with van der Waals surface area (Å²) >= 11 is 0. The fourth-order valence-electron chi connectivity index (χ4n) is 3.52. The SMILES string of the molecule is O=S1(=O)CCC(Cn2c(C3CC3)nc3c2CCNC3)C1. The standard InChI is InChI=1S/C14H21N3O2S/c18-20(19)6-4-10(9-20)8-17-13-3-5-15-7-12(13)16-14(17)11-1-2-11/h10-11,15H,1-9H2. The average Bonchev–Trinajstić information content (AvgIpc) is 3.12. The molecule has 1 atom stereocenters. The quantitative estimate of drug-likeness (QED) is 0.897. The van der Waals surface area contributed by atoms with E-state index < -0.39 is 9.84 Å². The first-order valence-electron chi connectivity index (χ1n) is 7.62. The van der Waals surface area contributed by atoms with Gasteiger partial charge in [0, 0.05) is 37.7 Å². The number of aromatic nitrogens is 2. The van der Waals surface area contributed by atoms with E-state index in [0.29, 0.717) is 17.4 Å². The molecule has 0 amide bonds. The molecule has 2 fully saturated rings. The Balaban J connectivity index is 1.64. The molecule has 0 aromatic carbocycles. The van der Waals surface area contributed by atoms with Gasteiger partial charge in [0.1, 0.15) is 5.82 Å². The van der Waals surface area contributed by atoms with Crippen LogP contribution in [0.3, 0.4) is 0 Å². The summed E-state index contributed by atoms with van der Waals surface area (Å²) in [6.45, 7) is 2.73. The van der Waals surface area contributed by atoms with Gasteiger partial charge in [-0.25, -0.2) is 13.4 Å². The predicted molar refractivity (Wildman–Crippen MR) is 76.4 cm³/mol. The van der Waals surface area contributed by atoms with E-state index in [1.54, 1.807) is 0 Å². The molecule has 1 saturated carbocycles. The van der Waals surface area contributed by atoms with Crippen molar-refractivity contribution in [2.24, 2.45) is 5.92 Å². The minimum Gasteiger partial charge on any atom is -0.331 e. The third kappa shape index (κ3) is 2.29. The number of nitrogens with zero attached hydrogens (tertiary/aromatic N) is 2. The van der Waals surface area contributed by atoms with Crippen molar-refractivity contribution >= 4 is 9.84 Å². The molecule has 3 heterocycles. The Kier molecular flexibility index (Phi) is 2.93. The van der Waals surface area contributed by atoms with Crippen LogP contribution in [0.15, 0.2) is 0 Å². The number of nitrogens with one attached hydrogen (secondary N) is 1. The first kappa shape index (κ1) is 12.8. The highest BCUT2D eigenvalue weighted by Gasteiger charge is 2.34. The van der Waals surface area contributed by atoms with Crippen LogP contribution in [0.2, 0.25) is 0 Å². The van der Waals surface area contributed by atoms with Crippen LogP contribution in [0.1, 0.15) is 42.4 Å². The van der Waals surface area contributed by atoms with Gasteiger partial charge >= 0.3 is 0 Å². The Morgan fingerprint density at radius 3 is 2.85 bits per heavy atom. The molecule has 6 heteroatoms. The highest BCUT2D eigenvalue weighted by atomic mass is 32.2. The van der Waals surface area contributed by atoms with Gasteiger partial charge in [-0.05, 0) is 25.2 Å². The van der Waals surface area contributed by atoms with Crippen molar-refractivity contribution in [2.45, 2.75) is 44.7 Å². The van der Waals surface area contributed by atoms with Crippen molar-refractivity contribution in [3.05, 3.63) is 17.2 Å². The van der Waals surface area contributed by atoms with E-state index in [2.05, 4.69) is 9.88 Å². The van der Waals surface area contributed by atoms with Crippen LogP contribution in [0.4, 0.5) is 0 Å². The molecule has 1 unspecified atom stereocenters. The Morgan fingerprint density at radius 2 is 2.15 bits per heavy atom. The van der Waals surface area contributed by atoms with Gasteiger partial charge in [-0.15, -0.1) is 0 Å². The largest absolute Gasteiger partial charge is 0.331 e. The molecule has 0 bridgehead atoms. The molecular weight excluding hydrogens is 274 g/mol. The monoisotopic (exact) mass is 295 g/mol. The van der Waals surface area contributed by atoms with E-state index in [1.807, 2.05) is 0 Å². The van der Waals surface area contributed by atoms with Crippen LogP contribution in [-0.4, -0.2) is 36.0 Å². The zero-order chi connectivity index (χ0) is 13.7. The lowest BCUT2D eigenvalue weighted by atomic mass is 10.1. The summed E-state index contributed by atoms with van der Waals surface area (Å²) in [4.78, 5) is 4.84. The second kappa shape index (κ2) is 4.56. The molecule has 1 aromatic heterocycles. The van der Waals surface area contributed by atoms with Crippen LogP contribution in [0.5, 0.6) is 0 Å². The highest BCUT2D eigenvalue weighted by molar-refractivity contribution is 7.91. The summed E-state index contributed by atoms with van der Waals surface area (Å²) in [6, 6.07) is 0. The fraction of sp³-hybridized carbons (Fsp3) is 0.786. The molecule has 1 aromatic rings. The maximum atomic E-state index is 11.7. The smallest absolute Gasteiger partial charge is 0.150 e. The van der Waals surface area contributed by atoms with Crippen molar-refractivity contribution in [1.29, 1.82) is 0 Å². The Hall–Kier alpha value is -0.880. The van der Waals surface area contributed by atoms with Crippen LogP contribution >= 0.6 is 0 Å². The molecular formula is C14H21N3O2S. The van der Waals surface area contributed by atoms with Crippen LogP contribution < -0.4 is 5.32 Å². The Morgan fingerprint density at radius 1 is 1.30 bits per heavy atom. The Labute approximate surface area is 119 Å². The first-order valence-corrected chi connectivity index (χ1v) is 9.44.